The lowest BCUT2D eigenvalue weighted by Crippen LogP contribution is -2.14. The van der Waals surface area contributed by atoms with Crippen LogP contribution in [-0.4, -0.2) is 16.0 Å². The lowest BCUT2D eigenvalue weighted by atomic mass is 10.1. The first-order chi connectivity index (χ1) is 11.2. The van der Waals surface area contributed by atoms with Crippen molar-refractivity contribution in [1.82, 2.24) is 10.1 Å². The second kappa shape index (κ2) is 6.74. The third-order valence-corrected chi connectivity index (χ3v) is 3.34. The highest BCUT2D eigenvalue weighted by Gasteiger charge is 2.10. The summed E-state index contributed by atoms with van der Waals surface area (Å²) in [5, 5.41) is 7.05. The number of anilines is 1. The Morgan fingerprint density at radius 2 is 1.83 bits per heavy atom. The monoisotopic (exact) mass is 308 g/mol. The zero-order valence-electron chi connectivity index (χ0n) is 12.4. The molecule has 2 aromatic carbocycles. The lowest BCUT2D eigenvalue weighted by Gasteiger charge is -2.07. The molecule has 23 heavy (non-hydrogen) atoms. The summed E-state index contributed by atoms with van der Waals surface area (Å²) < 4.78 is 5.22. The first-order valence-corrected chi connectivity index (χ1v) is 7.20. The summed E-state index contributed by atoms with van der Waals surface area (Å²) in [4.78, 5) is 15.7. The summed E-state index contributed by atoms with van der Waals surface area (Å²) >= 11 is 0. The van der Waals surface area contributed by atoms with Crippen molar-refractivity contribution in [3.63, 3.8) is 0 Å². The van der Waals surface area contributed by atoms with Crippen LogP contribution in [0.1, 0.15) is 27.6 Å². The fourth-order valence-electron chi connectivity index (χ4n) is 2.24. The lowest BCUT2D eigenvalue weighted by molar-refractivity contribution is 0.100. The van der Waals surface area contributed by atoms with Crippen LogP contribution in [0.2, 0.25) is 0 Å². The fourth-order valence-corrected chi connectivity index (χ4v) is 2.24. The highest BCUT2D eigenvalue weighted by Crippen LogP contribution is 2.15. The van der Waals surface area contributed by atoms with E-state index in [1.807, 2.05) is 36.4 Å². The molecule has 3 aromatic rings. The Morgan fingerprint density at radius 3 is 2.61 bits per heavy atom. The van der Waals surface area contributed by atoms with Crippen LogP contribution < -0.4 is 11.1 Å². The van der Waals surface area contributed by atoms with E-state index in [1.165, 1.54) is 0 Å². The number of nitrogens with two attached hydrogens (primary N) is 1. The van der Waals surface area contributed by atoms with Crippen LogP contribution in [0, 0.1) is 0 Å². The maximum atomic E-state index is 11.4. The molecule has 0 radical (unpaired) electrons. The van der Waals surface area contributed by atoms with Crippen molar-refractivity contribution in [2.24, 2.45) is 5.73 Å². The van der Waals surface area contributed by atoms with Gasteiger partial charge in [-0.25, -0.2) is 0 Å². The molecule has 0 bridgehead atoms. The predicted octanol–water partition coefficient (Wildman–Crippen LogP) is 2.37. The van der Waals surface area contributed by atoms with E-state index < -0.39 is 5.91 Å². The molecule has 1 aromatic heterocycles. The molecule has 1 heterocycles. The Balaban J connectivity index is 1.65. The number of benzene rings is 2. The van der Waals surface area contributed by atoms with Crippen LogP contribution in [0.4, 0.5) is 5.69 Å². The van der Waals surface area contributed by atoms with Gasteiger partial charge in [-0.05, 0) is 17.7 Å². The molecule has 0 spiro atoms. The molecule has 0 unspecified atom stereocenters. The van der Waals surface area contributed by atoms with Gasteiger partial charge < -0.3 is 15.6 Å². The van der Waals surface area contributed by atoms with Gasteiger partial charge in [0.15, 0.2) is 5.82 Å². The minimum atomic E-state index is -0.483. The SMILES string of the molecule is NC(=O)c1ccccc1NCc1nc(Cc2ccccc2)no1. The van der Waals surface area contributed by atoms with Crippen LogP contribution >= 0.6 is 0 Å². The molecule has 0 atom stereocenters. The molecule has 0 fully saturated rings. The van der Waals surface area contributed by atoms with E-state index in [1.54, 1.807) is 18.2 Å². The van der Waals surface area contributed by atoms with E-state index in [2.05, 4.69) is 15.5 Å². The van der Waals surface area contributed by atoms with Gasteiger partial charge in [-0.1, -0.05) is 47.6 Å². The summed E-state index contributed by atoms with van der Waals surface area (Å²) in [7, 11) is 0. The molecule has 0 aliphatic heterocycles. The van der Waals surface area contributed by atoms with E-state index >= 15 is 0 Å². The molecule has 116 valence electrons. The van der Waals surface area contributed by atoms with Crippen molar-refractivity contribution >= 4 is 11.6 Å². The van der Waals surface area contributed by atoms with Crippen molar-refractivity contribution in [2.45, 2.75) is 13.0 Å². The zero-order chi connectivity index (χ0) is 16.1. The van der Waals surface area contributed by atoms with Gasteiger partial charge in [-0.15, -0.1) is 0 Å². The standard InChI is InChI=1S/C17H16N4O2/c18-17(22)13-8-4-5-9-14(13)19-11-16-20-15(21-23-16)10-12-6-2-1-3-7-12/h1-9,19H,10-11H2,(H2,18,22). The second-order valence-electron chi connectivity index (χ2n) is 5.03. The Kier molecular flexibility index (Phi) is 4.33. The highest BCUT2D eigenvalue weighted by atomic mass is 16.5. The molecule has 0 aliphatic rings. The first kappa shape index (κ1) is 14.8. The molecular formula is C17H16N4O2. The average Bonchev–Trinajstić information content (AvgIpc) is 3.01. The number of primary amides is 1. The van der Waals surface area contributed by atoms with Crippen LogP contribution in [-0.2, 0) is 13.0 Å². The molecule has 0 saturated heterocycles. The number of hydrogen-bond acceptors (Lipinski definition) is 5. The zero-order valence-corrected chi connectivity index (χ0v) is 12.4. The van der Waals surface area contributed by atoms with Gasteiger partial charge in [0.2, 0.25) is 5.89 Å². The van der Waals surface area contributed by atoms with Gasteiger partial charge in [0.25, 0.3) is 5.91 Å². The number of amides is 1. The minimum absolute atomic E-state index is 0.325. The smallest absolute Gasteiger partial charge is 0.250 e. The summed E-state index contributed by atoms with van der Waals surface area (Å²) in [5.74, 6) is 0.592. The average molecular weight is 308 g/mol. The maximum Gasteiger partial charge on any atom is 0.250 e. The first-order valence-electron chi connectivity index (χ1n) is 7.20. The van der Waals surface area contributed by atoms with Crippen molar-refractivity contribution in [3.05, 3.63) is 77.4 Å². The Morgan fingerprint density at radius 1 is 1.09 bits per heavy atom. The predicted molar refractivity (Wildman–Crippen MR) is 85.8 cm³/mol. The third-order valence-electron chi connectivity index (χ3n) is 3.34. The molecule has 6 heteroatoms. The molecule has 6 nitrogen and oxygen atoms in total. The van der Waals surface area contributed by atoms with Crippen molar-refractivity contribution < 1.29 is 9.32 Å². The van der Waals surface area contributed by atoms with E-state index in [0.29, 0.717) is 35.9 Å². The molecule has 0 aliphatic carbocycles. The van der Waals surface area contributed by atoms with Crippen LogP contribution in [0.15, 0.2) is 59.1 Å². The maximum absolute atomic E-state index is 11.4. The normalized spacial score (nSPS) is 10.4. The van der Waals surface area contributed by atoms with E-state index in [4.69, 9.17) is 10.3 Å². The minimum Gasteiger partial charge on any atom is -0.375 e. The van der Waals surface area contributed by atoms with Gasteiger partial charge in [-0.2, -0.15) is 4.98 Å². The largest absolute Gasteiger partial charge is 0.375 e. The third kappa shape index (κ3) is 3.74. The fraction of sp³-hybridized carbons (Fsp3) is 0.118. The molecule has 3 N–H and O–H groups in total. The van der Waals surface area contributed by atoms with E-state index in [9.17, 15) is 4.79 Å². The van der Waals surface area contributed by atoms with Crippen LogP contribution in [0.3, 0.4) is 0 Å². The summed E-state index contributed by atoms with van der Waals surface area (Å²) in [6, 6.07) is 17.0. The number of rotatable bonds is 6. The molecule has 0 saturated carbocycles. The Bertz CT molecular complexity index is 799. The van der Waals surface area contributed by atoms with Crippen molar-refractivity contribution in [3.8, 4) is 0 Å². The van der Waals surface area contributed by atoms with Crippen LogP contribution in [0.5, 0.6) is 0 Å². The van der Waals surface area contributed by atoms with Crippen molar-refractivity contribution in [1.29, 1.82) is 0 Å². The number of para-hydroxylation sites is 1. The highest BCUT2D eigenvalue weighted by molar-refractivity contribution is 5.98. The Labute approximate surface area is 133 Å². The Hall–Kier alpha value is -3.15. The summed E-state index contributed by atoms with van der Waals surface area (Å²) in [5.41, 5.74) is 7.53. The molecule has 3 rings (SSSR count). The summed E-state index contributed by atoms with van der Waals surface area (Å²) in [6.07, 6.45) is 0.613. The van der Waals surface area contributed by atoms with E-state index in [-0.39, 0.29) is 0 Å². The van der Waals surface area contributed by atoms with Gasteiger partial charge in [0, 0.05) is 12.1 Å². The topological polar surface area (TPSA) is 94.0 Å². The number of nitrogens with one attached hydrogen (secondary N) is 1. The van der Waals surface area contributed by atoms with Crippen molar-refractivity contribution in [2.75, 3.05) is 5.32 Å². The number of carbonyl (C=O) groups is 1. The van der Waals surface area contributed by atoms with Gasteiger partial charge in [0.1, 0.15) is 0 Å². The quantitative estimate of drug-likeness (QED) is 0.729. The molecular weight excluding hydrogens is 292 g/mol. The second-order valence-corrected chi connectivity index (χ2v) is 5.03. The number of carbonyl (C=O) groups excluding carboxylic acids is 1. The van der Waals surface area contributed by atoms with Crippen LogP contribution in [0.25, 0.3) is 0 Å². The number of hydrogen-bond donors (Lipinski definition) is 2. The summed E-state index contributed by atoms with van der Waals surface area (Å²) in [6.45, 7) is 0.325. The molecule has 1 amide bonds. The van der Waals surface area contributed by atoms with E-state index in [0.717, 1.165) is 5.56 Å². The van der Waals surface area contributed by atoms with Gasteiger partial charge in [-0.3, -0.25) is 4.79 Å². The number of nitrogens with zero attached hydrogens (tertiary/aromatic N) is 2. The van der Waals surface area contributed by atoms with Gasteiger partial charge >= 0.3 is 0 Å². The number of aromatic nitrogens is 2. The van der Waals surface area contributed by atoms with Gasteiger partial charge in [0.05, 0.1) is 12.1 Å².